The number of rotatable bonds is 5. The molecule has 2 aromatic carbocycles. The third kappa shape index (κ3) is 3.95. The fourth-order valence-corrected chi connectivity index (χ4v) is 2.59. The van der Waals surface area contributed by atoms with Crippen molar-refractivity contribution in [3.8, 4) is 11.3 Å². The second-order valence-corrected chi connectivity index (χ2v) is 5.69. The smallest absolute Gasteiger partial charge is 0.221 e. The molecule has 0 aliphatic carbocycles. The van der Waals surface area contributed by atoms with Gasteiger partial charge in [0.1, 0.15) is 0 Å². The van der Waals surface area contributed by atoms with Crippen LogP contribution in [0.4, 0.5) is 5.69 Å². The van der Waals surface area contributed by atoms with E-state index in [-0.39, 0.29) is 18.1 Å². The average Bonchev–Trinajstić information content (AvgIpc) is 2.60. The standard InChI is InChI=1S/C20H17N3O2/c1-3-17(25)10-14-8-15(11-16(9-14)22-13(2)24)20-12-21-18-6-4-5-7-19(18)23-20/h3-9,11-12H,1,10H2,2H3,(H,22,24). The van der Waals surface area contributed by atoms with Gasteiger partial charge in [0, 0.05) is 24.6 Å². The summed E-state index contributed by atoms with van der Waals surface area (Å²) in [5.41, 5.74) is 4.46. The summed E-state index contributed by atoms with van der Waals surface area (Å²) >= 11 is 0. The molecule has 25 heavy (non-hydrogen) atoms. The number of carbonyl (C=O) groups is 2. The van der Waals surface area contributed by atoms with Crippen LogP contribution in [-0.2, 0) is 16.0 Å². The van der Waals surface area contributed by atoms with Crippen LogP contribution in [0.15, 0.2) is 61.3 Å². The van der Waals surface area contributed by atoms with Gasteiger partial charge in [0.15, 0.2) is 5.78 Å². The lowest BCUT2D eigenvalue weighted by molar-refractivity contribution is -0.114. The molecule has 0 aliphatic heterocycles. The number of hydrogen-bond donors (Lipinski definition) is 1. The van der Waals surface area contributed by atoms with Crippen molar-refractivity contribution < 1.29 is 9.59 Å². The van der Waals surface area contributed by atoms with E-state index in [0.29, 0.717) is 11.4 Å². The molecule has 1 heterocycles. The molecule has 0 fully saturated rings. The monoisotopic (exact) mass is 331 g/mol. The van der Waals surface area contributed by atoms with Crippen molar-refractivity contribution in [2.24, 2.45) is 0 Å². The topological polar surface area (TPSA) is 72.0 Å². The lowest BCUT2D eigenvalue weighted by Gasteiger charge is -2.10. The fraction of sp³-hybridized carbons (Fsp3) is 0.100. The van der Waals surface area contributed by atoms with Gasteiger partial charge in [0.2, 0.25) is 5.91 Å². The summed E-state index contributed by atoms with van der Waals surface area (Å²) in [5, 5.41) is 2.76. The second kappa shape index (κ2) is 7.05. The highest BCUT2D eigenvalue weighted by molar-refractivity contribution is 5.93. The Hall–Kier alpha value is -3.34. The van der Waals surface area contributed by atoms with Crippen molar-refractivity contribution in [3.63, 3.8) is 0 Å². The maximum Gasteiger partial charge on any atom is 0.221 e. The van der Waals surface area contributed by atoms with Gasteiger partial charge in [-0.1, -0.05) is 18.7 Å². The summed E-state index contributed by atoms with van der Waals surface area (Å²) in [5.74, 6) is -0.265. The predicted molar refractivity (Wildman–Crippen MR) is 98.2 cm³/mol. The number of benzene rings is 2. The number of nitrogens with one attached hydrogen (secondary N) is 1. The van der Waals surface area contributed by atoms with Gasteiger partial charge in [-0.25, -0.2) is 4.98 Å². The average molecular weight is 331 g/mol. The molecule has 3 rings (SSSR count). The maximum absolute atomic E-state index is 11.7. The first-order valence-corrected chi connectivity index (χ1v) is 7.84. The number of nitrogens with zero attached hydrogens (tertiary/aromatic N) is 2. The molecule has 0 aliphatic rings. The van der Waals surface area contributed by atoms with Crippen molar-refractivity contribution in [1.29, 1.82) is 0 Å². The van der Waals surface area contributed by atoms with E-state index >= 15 is 0 Å². The van der Waals surface area contributed by atoms with Gasteiger partial charge in [-0.3, -0.25) is 14.6 Å². The third-order valence-electron chi connectivity index (χ3n) is 3.66. The van der Waals surface area contributed by atoms with E-state index in [9.17, 15) is 9.59 Å². The number of amides is 1. The van der Waals surface area contributed by atoms with E-state index in [0.717, 1.165) is 22.2 Å². The van der Waals surface area contributed by atoms with E-state index in [1.807, 2.05) is 36.4 Å². The van der Waals surface area contributed by atoms with E-state index < -0.39 is 0 Å². The van der Waals surface area contributed by atoms with Crippen molar-refractivity contribution in [2.75, 3.05) is 5.32 Å². The summed E-state index contributed by atoms with van der Waals surface area (Å²) in [4.78, 5) is 32.2. The first-order valence-electron chi connectivity index (χ1n) is 7.84. The number of anilines is 1. The Balaban J connectivity index is 2.08. The van der Waals surface area contributed by atoms with Crippen LogP contribution in [0.25, 0.3) is 22.3 Å². The largest absolute Gasteiger partial charge is 0.326 e. The fourth-order valence-electron chi connectivity index (χ4n) is 2.59. The van der Waals surface area contributed by atoms with Crippen LogP contribution in [0, 0.1) is 0 Å². The van der Waals surface area contributed by atoms with Crippen LogP contribution < -0.4 is 5.32 Å². The van der Waals surface area contributed by atoms with E-state index in [1.54, 1.807) is 12.3 Å². The molecular formula is C20H17N3O2. The number of hydrogen-bond acceptors (Lipinski definition) is 4. The minimum atomic E-state index is -0.178. The number of para-hydroxylation sites is 2. The Morgan fingerprint density at radius 3 is 2.64 bits per heavy atom. The molecular weight excluding hydrogens is 314 g/mol. The Bertz CT molecular complexity index is 980. The highest BCUT2D eigenvalue weighted by Gasteiger charge is 2.09. The van der Waals surface area contributed by atoms with Gasteiger partial charge in [0.25, 0.3) is 0 Å². The number of allylic oxidation sites excluding steroid dienone is 1. The van der Waals surface area contributed by atoms with Crippen molar-refractivity contribution in [2.45, 2.75) is 13.3 Å². The van der Waals surface area contributed by atoms with Gasteiger partial charge in [-0.2, -0.15) is 0 Å². The van der Waals surface area contributed by atoms with Gasteiger partial charge in [-0.15, -0.1) is 0 Å². The summed E-state index contributed by atoms with van der Waals surface area (Å²) in [6, 6.07) is 13.1. The van der Waals surface area contributed by atoms with Gasteiger partial charge in [0.05, 0.1) is 22.9 Å². The number of ketones is 1. The van der Waals surface area contributed by atoms with Crippen LogP contribution in [-0.4, -0.2) is 21.7 Å². The first kappa shape index (κ1) is 16.5. The number of carbonyl (C=O) groups excluding carboxylic acids is 2. The molecule has 0 saturated carbocycles. The first-order chi connectivity index (χ1) is 12.0. The summed E-state index contributed by atoms with van der Waals surface area (Å²) < 4.78 is 0. The van der Waals surface area contributed by atoms with Crippen LogP contribution in [0.3, 0.4) is 0 Å². The van der Waals surface area contributed by atoms with E-state index in [4.69, 9.17) is 0 Å². The molecule has 0 saturated heterocycles. The van der Waals surface area contributed by atoms with Gasteiger partial charge >= 0.3 is 0 Å². The summed E-state index contributed by atoms with van der Waals surface area (Å²) in [6.45, 7) is 4.94. The van der Waals surface area contributed by atoms with Crippen LogP contribution >= 0.6 is 0 Å². The minimum absolute atomic E-state index is 0.0875. The van der Waals surface area contributed by atoms with Crippen molar-refractivity contribution in [3.05, 3.63) is 66.9 Å². The Labute approximate surface area is 145 Å². The normalized spacial score (nSPS) is 10.4. The zero-order valence-corrected chi connectivity index (χ0v) is 13.8. The molecule has 1 aromatic heterocycles. The van der Waals surface area contributed by atoms with E-state index in [1.165, 1.54) is 13.0 Å². The molecule has 0 unspecified atom stereocenters. The van der Waals surface area contributed by atoms with Crippen molar-refractivity contribution >= 4 is 28.4 Å². The molecule has 0 radical (unpaired) electrons. The highest BCUT2D eigenvalue weighted by Crippen LogP contribution is 2.25. The number of fused-ring (bicyclic) bond motifs is 1. The van der Waals surface area contributed by atoms with Gasteiger partial charge < -0.3 is 5.32 Å². The molecule has 0 spiro atoms. The third-order valence-corrected chi connectivity index (χ3v) is 3.66. The molecule has 0 atom stereocenters. The molecule has 5 nitrogen and oxygen atoms in total. The maximum atomic E-state index is 11.7. The SMILES string of the molecule is C=CC(=O)Cc1cc(NC(C)=O)cc(-c2cnc3ccccc3n2)c1. The summed E-state index contributed by atoms with van der Waals surface area (Å²) in [6.07, 6.45) is 3.19. The molecule has 1 N–H and O–H groups in total. The summed E-state index contributed by atoms with van der Waals surface area (Å²) in [7, 11) is 0. The molecule has 5 heteroatoms. The highest BCUT2D eigenvalue weighted by atomic mass is 16.1. The van der Waals surface area contributed by atoms with Crippen LogP contribution in [0.5, 0.6) is 0 Å². The minimum Gasteiger partial charge on any atom is -0.326 e. The zero-order chi connectivity index (χ0) is 17.8. The Kier molecular flexibility index (Phi) is 4.66. The zero-order valence-electron chi connectivity index (χ0n) is 13.8. The predicted octanol–water partition coefficient (Wildman–Crippen LogP) is 3.55. The molecule has 3 aromatic rings. The lowest BCUT2D eigenvalue weighted by atomic mass is 10.0. The van der Waals surface area contributed by atoms with E-state index in [2.05, 4.69) is 21.9 Å². The Morgan fingerprint density at radius 2 is 1.92 bits per heavy atom. The van der Waals surface area contributed by atoms with Crippen LogP contribution in [0.2, 0.25) is 0 Å². The lowest BCUT2D eigenvalue weighted by Crippen LogP contribution is -2.07. The molecule has 1 amide bonds. The van der Waals surface area contributed by atoms with Crippen LogP contribution in [0.1, 0.15) is 12.5 Å². The quantitative estimate of drug-likeness (QED) is 0.726. The number of aromatic nitrogens is 2. The van der Waals surface area contributed by atoms with Gasteiger partial charge in [-0.05, 0) is 42.0 Å². The van der Waals surface area contributed by atoms with Crippen molar-refractivity contribution in [1.82, 2.24) is 9.97 Å². The Morgan fingerprint density at radius 1 is 1.16 bits per heavy atom. The molecule has 124 valence electrons. The molecule has 0 bridgehead atoms. The second-order valence-electron chi connectivity index (χ2n) is 5.69.